The van der Waals surface area contributed by atoms with Crippen LogP contribution in [-0.2, 0) is 0 Å². The van der Waals surface area contributed by atoms with Gasteiger partial charge in [0.1, 0.15) is 5.82 Å². The predicted octanol–water partition coefficient (Wildman–Crippen LogP) is 1.63. The molecule has 3 N–H and O–H groups in total. The molecule has 5 heteroatoms. The van der Waals surface area contributed by atoms with E-state index in [1.54, 1.807) is 33.0 Å². The van der Waals surface area contributed by atoms with Crippen LogP contribution in [0.3, 0.4) is 0 Å². The highest BCUT2D eigenvalue weighted by molar-refractivity contribution is 5.95. The van der Waals surface area contributed by atoms with Gasteiger partial charge in [-0.05, 0) is 31.9 Å². The predicted molar refractivity (Wildman–Crippen MR) is 76.0 cm³/mol. The number of amides is 1. The summed E-state index contributed by atoms with van der Waals surface area (Å²) in [5.41, 5.74) is 6.42. The van der Waals surface area contributed by atoms with Crippen LogP contribution < -0.4 is 5.73 Å². The molecule has 0 bridgehead atoms. The number of aromatic nitrogens is 1. The molecule has 0 unspecified atom stereocenters. The molecule has 0 saturated carbocycles. The molecule has 0 fully saturated rings. The van der Waals surface area contributed by atoms with Crippen molar-refractivity contribution in [2.45, 2.75) is 39.2 Å². The number of likely N-dealkylation sites (N-methyl/N-ethyl adjacent to an activating group) is 1. The number of anilines is 1. The van der Waals surface area contributed by atoms with Crippen LogP contribution >= 0.6 is 0 Å². The number of rotatable bonds is 4. The molecule has 1 heterocycles. The Morgan fingerprint density at radius 1 is 1.47 bits per heavy atom. The van der Waals surface area contributed by atoms with E-state index < -0.39 is 5.54 Å². The van der Waals surface area contributed by atoms with E-state index in [9.17, 15) is 9.90 Å². The molecule has 19 heavy (non-hydrogen) atoms. The summed E-state index contributed by atoms with van der Waals surface area (Å²) in [5, 5.41) is 9.33. The highest BCUT2D eigenvalue weighted by Crippen LogP contribution is 2.20. The highest BCUT2D eigenvalue weighted by Gasteiger charge is 2.28. The molecule has 1 aromatic heterocycles. The molecular weight excluding hydrogens is 242 g/mol. The summed E-state index contributed by atoms with van der Waals surface area (Å²) in [7, 11) is 1.67. The molecule has 1 rings (SSSR count). The molecule has 106 valence electrons. The lowest BCUT2D eigenvalue weighted by molar-refractivity contribution is 0.0473. The summed E-state index contributed by atoms with van der Waals surface area (Å²) in [6.07, 6.45) is 0. The second kappa shape index (κ2) is 5.57. The average Bonchev–Trinajstić information content (AvgIpc) is 2.36. The molecule has 5 nitrogen and oxygen atoms in total. The smallest absolute Gasteiger partial charge is 0.254 e. The molecule has 0 aliphatic rings. The molecule has 0 radical (unpaired) electrons. The number of carbonyl (C=O) groups excluding carboxylic acids is 1. The number of carbonyl (C=O) groups is 1. The fourth-order valence-corrected chi connectivity index (χ4v) is 1.57. The standard InChI is InChI=1S/C14H23N3O2/c1-9(2)11-6-10(7-12(15)16-11)13(19)17(5)14(3,4)8-18/h6-7,9,18H,8H2,1-5H3,(H2,15,16). The van der Waals surface area contributed by atoms with Gasteiger partial charge in [-0.3, -0.25) is 4.79 Å². The largest absolute Gasteiger partial charge is 0.394 e. The Balaban J connectivity index is 3.13. The first-order valence-electron chi connectivity index (χ1n) is 6.35. The van der Waals surface area contributed by atoms with Gasteiger partial charge >= 0.3 is 0 Å². The van der Waals surface area contributed by atoms with Gasteiger partial charge in [0, 0.05) is 18.3 Å². The van der Waals surface area contributed by atoms with E-state index in [0.717, 1.165) is 5.69 Å². The van der Waals surface area contributed by atoms with E-state index in [0.29, 0.717) is 11.4 Å². The number of pyridine rings is 1. The minimum absolute atomic E-state index is 0.104. The maximum atomic E-state index is 12.4. The molecule has 0 atom stereocenters. The van der Waals surface area contributed by atoms with Gasteiger partial charge in [-0.2, -0.15) is 0 Å². The van der Waals surface area contributed by atoms with Crippen molar-refractivity contribution in [3.63, 3.8) is 0 Å². The Kier molecular flexibility index (Phi) is 4.52. The van der Waals surface area contributed by atoms with Crippen molar-refractivity contribution in [2.75, 3.05) is 19.4 Å². The Labute approximate surface area is 114 Å². The molecule has 0 aromatic carbocycles. The van der Waals surface area contributed by atoms with Gasteiger partial charge in [-0.15, -0.1) is 0 Å². The van der Waals surface area contributed by atoms with Crippen LogP contribution in [-0.4, -0.2) is 40.1 Å². The first kappa shape index (κ1) is 15.4. The van der Waals surface area contributed by atoms with Gasteiger partial charge in [0.05, 0.1) is 12.1 Å². The molecule has 0 aliphatic heterocycles. The minimum Gasteiger partial charge on any atom is -0.394 e. The van der Waals surface area contributed by atoms with Crippen molar-refractivity contribution in [1.82, 2.24) is 9.88 Å². The third-order valence-electron chi connectivity index (χ3n) is 3.30. The van der Waals surface area contributed by atoms with Crippen molar-refractivity contribution in [3.05, 3.63) is 23.4 Å². The summed E-state index contributed by atoms with van der Waals surface area (Å²) in [5.74, 6) is 0.367. The number of aliphatic hydroxyl groups excluding tert-OH is 1. The van der Waals surface area contributed by atoms with Gasteiger partial charge < -0.3 is 15.7 Å². The van der Waals surface area contributed by atoms with Gasteiger partial charge in [0.25, 0.3) is 5.91 Å². The Bertz CT molecular complexity index is 470. The van der Waals surface area contributed by atoms with E-state index in [-0.39, 0.29) is 18.4 Å². The van der Waals surface area contributed by atoms with Gasteiger partial charge in [0.15, 0.2) is 0 Å². The zero-order valence-corrected chi connectivity index (χ0v) is 12.3. The number of nitrogens with two attached hydrogens (primary N) is 1. The third-order valence-corrected chi connectivity index (χ3v) is 3.30. The van der Waals surface area contributed by atoms with Crippen LogP contribution in [0.4, 0.5) is 5.82 Å². The van der Waals surface area contributed by atoms with Crippen LogP contribution in [0.5, 0.6) is 0 Å². The fraction of sp³-hybridized carbons (Fsp3) is 0.571. The summed E-state index contributed by atoms with van der Waals surface area (Å²) < 4.78 is 0. The molecule has 0 saturated heterocycles. The summed E-state index contributed by atoms with van der Waals surface area (Å²) in [6, 6.07) is 3.32. The maximum absolute atomic E-state index is 12.4. The fourth-order valence-electron chi connectivity index (χ4n) is 1.57. The minimum atomic E-state index is -0.618. The van der Waals surface area contributed by atoms with Crippen molar-refractivity contribution in [3.8, 4) is 0 Å². The first-order valence-corrected chi connectivity index (χ1v) is 6.35. The number of hydrogen-bond donors (Lipinski definition) is 2. The summed E-state index contributed by atoms with van der Waals surface area (Å²) in [6.45, 7) is 7.50. The van der Waals surface area contributed by atoms with E-state index in [1.807, 2.05) is 13.8 Å². The van der Waals surface area contributed by atoms with E-state index >= 15 is 0 Å². The Morgan fingerprint density at radius 2 is 2.05 bits per heavy atom. The number of nitrogen functional groups attached to an aromatic ring is 1. The first-order chi connectivity index (χ1) is 8.69. The van der Waals surface area contributed by atoms with Crippen LogP contribution in [0.1, 0.15) is 49.7 Å². The van der Waals surface area contributed by atoms with E-state index in [4.69, 9.17) is 5.73 Å². The monoisotopic (exact) mass is 265 g/mol. The number of aliphatic hydroxyl groups is 1. The van der Waals surface area contributed by atoms with Crippen molar-refractivity contribution < 1.29 is 9.90 Å². The molecule has 1 amide bonds. The van der Waals surface area contributed by atoms with E-state index in [2.05, 4.69) is 4.98 Å². The third kappa shape index (κ3) is 3.44. The average molecular weight is 265 g/mol. The van der Waals surface area contributed by atoms with Crippen LogP contribution in [0.15, 0.2) is 12.1 Å². The maximum Gasteiger partial charge on any atom is 0.254 e. The summed E-state index contributed by atoms with van der Waals surface area (Å²) in [4.78, 5) is 18.1. The lowest BCUT2D eigenvalue weighted by atomic mass is 10.0. The quantitative estimate of drug-likeness (QED) is 0.867. The van der Waals surface area contributed by atoms with Crippen molar-refractivity contribution in [1.29, 1.82) is 0 Å². The molecular formula is C14H23N3O2. The van der Waals surface area contributed by atoms with Gasteiger partial charge in [0.2, 0.25) is 0 Å². The van der Waals surface area contributed by atoms with Crippen molar-refractivity contribution >= 4 is 11.7 Å². The second-order valence-corrected chi connectivity index (χ2v) is 5.69. The molecule has 1 aromatic rings. The van der Waals surface area contributed by atoms with Gasteiger partial charge in [-0.25, -0.2) is 4.98 Å². The van der Waals surface area contributed by atoms with E-state index in [1.165, 1.54) is 4.90 Å². The normalized spacial score (nSPS) is 11.7. The summed E-state index contributed by atoms with van der Waals surface area (Å²) >= 11 is 0. The SMILES string of the molecule is CC(C)c1cc(C(=O)N(C)C(C)(C)CO)cc(N)n1. The second-order valence-electron chi connectivity index (χ2n) is 5.69. The van der Waals surface area contributed by atoms with Crippen LogP contribution in [0.25, 0.3) is 0 Å². The molecule has 0 spiro atoms. The number of hydrogen-bond acceptors (Lipinski definition) is 4. The zero-order valence-electron chi connectivity index (χ0n) is 12.3. The lowest BCUT2D eigenvalue weighted by Crippen LogP contribution is -2.47. The Morgan fingerprint density at radius 3 is 2.53 bits per heavy atom. The zero-order chi connectivity index (χ0) is 14.8. The Hall–Kier alpha value is -1.62. The topological polar surface area (TPSA) is 79.5 Å². The number of nitrogens with zero attached hydrogens (tertiary/aromatic N) is 2. The van der Waals surface area contributed by atoms with Gasteiger partial charge in [-0.1, -0.05) is 13.8 Å². The van der Waals surface area contributed by atoms with Crippen LogP contribution in [0.2, 0.25) is 0 Å². The highest BCUT2D eigenvalue weighted by atomic mass is 16.3. The molecule has 0 aliphatic carbocycles. The van der Waals surface area contributed by atoms with Crippen molar-refractivity contribution in [2.24, 2.45) is 0 Å². The van der Waals surface area contributed by atoms with Crippen LogP contribution in [0, 0.1) is 0 Å². The lowest BCUT2D eigenvalue weighted by Gasteiger charge is -2.34.